The van der Waals surface area contributed by atoms with Crippen molar-refractivity contribution in [2.75, 3.05) is 0 Å². The smallest absolute Gasteiger partial charge is 0.0931 e. The van der Waals surface area contributed by atoms with E-state index in [9.17, 15) is 5.11 Å². The molecule has 0 fully saturated rings. The van der Waals surface area contributed by atoms with Crippen LogP contribution in [0.4, 0.5) is 0 Å². The average molecular weight is 261 g/mol. The molecule has 0 amide bonds. The van der Waals surface area contributed by atoms with Gasteiger partial charge in [-0.25, -0.2) is 0 Å². The van der Waals surface area contributed by atoms with Crippen molar-refractivity contribution in [2.24, 2.45) is 0 Å². The van der Waals surface area contributed by atoms with Gasteiger partial charge < -0.3 is 5.11 Å². The van der Waals surface area contributed by atoms with E-state index in [0.717, 1.165) is 4.47 Å². The van der Waals surface area contributed by atoms with Crippen molar-refractivity contribution in [1.29, 1.82) is 5.26 Å². The van der Waals surface area contributed by atoms with Gasteiger partial charge in [0.25, 0.3) is 0 Å². The van der Waals surface area contributed by atoms with Gasteiger partial charge in [-0.2, -0.15) is 5.26 Å². The van der Waals surface area contributed by atoms with Crippen LogP contribution in [0.25, 0.3) is 0 Å². The molecule has 1 atom stereocenters. The molecule has 0 spiro atoms. The van der Waals surface area contributed by atoms with Gasteiger partial charge in [0.1, 0.15) is 0 Å². The molecule has 0 saturated heterocycles. The summed E-state index contributed by atoms with van der Waals surface area (Å²) >= 11 is 9.02. The quantitative estimate of drug-likeness (QED) is 0.888. The Morgan fingerprint density at radius 2 is 2.31 bits per heavy atom. The summed E-state index contributed by atoms with van der Waals surface area (Å²) in [5.41, 5.74) is 0.647. The number of hydrogen-bond acceptors (Lipinski definition) is 2. The first-order valence-electron chi connectivity index (χ1n) is 3.65. The van der Waals surface area contributed by atoms with E-state index in [0.29, 0.717) is 10.6 Å². The van der Waals surface area contributed by atoms with Crippen LogP contribution < -0.4 is 0 Å². The van der Waals surface area contributed by atoms with Gasteiger partial charge in [-0.05, 0) is 23.8 Å². The van der Waals surface area contributed by atoms with Gasteiger partial charge in [-0.1, -0.05) is 27.5 Å². The minimum absolute atomic E-state index is 0.0684. The molecule has 0 aliphatic carbocycles. The molecule has 4 heteroatoms. The highest BCUT2D eigenvalue weighted by Gasteiger charge is 2.10. The van der Waals surface area contributed by atoms with Gasteiger partial charge in [0.05, 0.1) is 18.6 Å². The predicted octanol–water partition coefficient (Wildman–Crippen LogP) is 3.05. The zero-order valence-corrected chi connectivity index (χ0v) is 9.01. The molecule has 0 radical (unpaired) electrons. The first-order valence-corrected chi connectivity index (χ1v) is 4.82. The SMILES string of the molecule is N#CC[C@@H](O)c1cc(Cl)ccc1Br. The lowest BCUT2D eigenvalue weighted by atomic mass is 10.1. The molecule has 68 valence electrons. The van der Waals surface area contributed by atoms with Gasteiger partial charge in [-0.3, -0.25) is 0 Å². The highest BCUT2D eigenvalue weighted by molar-refractivity contribution is 9.10. The number of hydrogen-bond donors (Lipinski definition) is 1. The molecule has 0 aliphatic rings. The third-order valence-corrected chi connectivity index (χ3v) is 2.56. The number of benzene rings is 1. The largest absolute Gasteiger partial charge is 0.387 e. The summed E-state index contributed by atoms with van der Waals surface area (Å²) in [6.45, 7) is 0. The van der Waals surface area contributed by atoms with Gasteiger partial charge in [-0.15, -0.1) is 0 Å². The summed E-state index contributed by atoms with van der Waals surface area (Å²) in [7, 11) is 0. The van der Waals surface area contributed by atoms with Gasteiger partial charge in [0.15, 0.2) is 0 Å². The Labute approximate surface area is 89.9 Å². The topological polar surface area (TPSA) is 44.0 Å². The normalized spacial score (nSPS) is 12.2. The fraction of sp³-hybridized carbons (Fsp3) is 0.222. The fourth-order valence-corrected chi connectivity index (χ4v) is 1.66. The Balaban J connectivity index is 3.00. The predicted molar refractivity (Wildman–Crippen MR) is 54.3 cm³/mol. The van der Waals surface area contributed by atoms with Crippen molar-refractivity contribution in [3.8, 4) is 6.07 Å². The molecule has 1 rings (SSSR count). The van der Waals surface area contributed by atoms with Crippen LogP contribution >= 0.6 is 27.5 Å². The van der Waals surface area contributed by atoms with E-state index in [1.165, 1.54) is 0 Å². The highest BCUT2D eigenvalue weighted by Crippen LogP contribution is 2.28. The second-order valence-corrected chi connectivity index (χ2v) is 3.83. The van der Waals surface area contributed by atoms with Crippen molar-refractivity contribution in [2.45, 2.75) is 12.5 Å². The summed E-state index contributed by atoms with van der Waals surface area (Å²) in [5.74, 6) is 0. The zero-order valence-electron chi connectivity index (χ0n) is 6.67. The lowest BCUT2D eigenvalue weighted by molar-refractivity contribution is 0.182. The van der Waals surface area contributed by atoms with E-state index in [4.69, 9.17) is 16.9 Å². The van der Waals surface area contributed by atoms with Crippen molar-refractivity contribution >= 4 is 27.5 Å². The lowest BCUT2D eigenvalue weighted by Crippen LogP contribution is -1.96. The number of rotatable bonds is 2. The standard InChI is InChI=1S/C9H7BrClNO/c10-8-2-1-6(11)5-7(8)9(13)3-4-12/h1-2,5,9,13H,3H2/t9-/m1/s1. The maximum Gasteiger partial charge on any atom is 0.0931 e. The number of halogens is 2. The second kappa shape index (κ2) is 4.61. The number of nitriles is 1. The Bertz CT molecular complexity index is 348. The van der Waals surface area contributed by atoms with E-state index < -0.39 is 6.10 Å². The van der Waals surface area contributed by atoms with Crippen LogP contribution in [-0.2, 0) is 0 Å². The van der Waals surface area contributed by atoms with Crippen molar-refractivity contribution in [3.05, 3.63) is 33.3 Å². The fourth-order valence-electron chi connectivity index (χ4n) is 0.966. The molecule has 0 heterocycles. The van der Waals surface area contributed by atoms with Crippen LogP contribution in [-0.4, -0.2) is 5.11 Å². The van der Waals surface area contributed by atoms with Crippen LogP contribution in [0, 0.1) is 11.3 Å². The molecule has 0 bridgehead atoms. The van der Waals surface area contributed by atoms with Crippen LogP contribution in [0.15, 0.2) is 22.7 Å². The number of nitrogens with zero attached hydrogens (tertiary/aromatic N) is 1. The Morgan fingerprint density at radius 1 is 1.62 bits per heavy atom. The summed E-state index contributed by atoms with van der Waals surface area (Å²) in [4.78, 5) is 0. The van der Waals surface area contributed by atoms with E-state index in [2.05, 4.69) is 15.9 Å². The summed E-state index contributed by atoms with van der Waals surface area (Å²) in [5, 5.41) is 18.5. The molecule has 13 heavy (non-hydrogen) atoms. The average Bonchev–Trinajstić information content (AvgIpc) is 2.09. The molecular weight excluding hydrogens is 253 g/mol. The molecule has 1 aromatic carbocycles. The molecule has 1 aromatic rings. The van der Waals surface area contributed by atoms with E-state index in [1.54, 1.807) is 18.2 Å². The molecule has 1 N–H and O–H groups in total. The minimum Gasteiger partial charge on any atom is -0.387 e. The first kappa shape index (κ1) is 10.5. The summed E-state index contributed by atoms with van der Waals surface area (Å²) in [6, 6.07) is 7.01. The van der Waals surface area contributed by atoms with E-state index >= 15 is 0 Å². The van der Waals surface area contributed by atoms with Crippen molar-refractivity contribution in [1.82, 2.24) is 0 Å². The lowest BCUT2D eigenvalue weighted by Gasteiger charge is -2.09. The van der Waals surface area contributed by atoms with Gasteiger partial charge >= 0.3 is 0 Å². The minimum atomic E-state index is -0.780. The first-order chi connectivity index (χ1) is 6.15. The van der Waals surface area contributed by atoms with E-state index in [1.807, 2.05) is 6.07 Å². The summed E-state index contributed by atoms with van der Waals surface area (Å²) < 4.78 is 0.764. The number of aliphatic hydroxyl groups is 1. The summed E-state index contributed by atoms with van der Waals surface area (Å²) in [6.07, 6.45) is -0.711. The van der Waals surface area contributed by atoms with Crippen LogP contribution in [0.5, 0.6) is 0 Å². The molecular formula is C9H7BrClNO. The molecule has 0 aromatic heterocycles. The second-order valence-electron chi connectivity index (χ2n) is 2.54. The van der Waals surface area contributed by atoms with Crippen molar-refractivity contribution < 1.29 is 5.11 Å². The zero-order chi connectivity index (χ0) is 9.84. The van der Waals surface area contributed by atoms with E-state index in [-0.39, 0.29) is 6.42 Å². The van der Waals surface area contributed by atoms with Gasteiger partial charge in [0, 0.05) is 9.50 Å². The van der Waals surface area contributed by atoms with Crippen LogP contribution in [0.2, 0.25) is 5.02 Å². The van der Waals surface area contributed by atoms with Crippen LogP contribution in [0.3, 0.4) is 0 Å². The molecule has 0 saturated carbocycles. The maximum absolute atomic E-state index is 9.51. The monoisotopic (exact) mass is 259 g/mol. The Kier molecular flexibility index (Phi) is 3.73. The number of aliphatic hydroxyl groups excluding tert-OH is 1. The molecule has 2 nitrogen and oxygen atoms in total. The van der Waals surface area contributed by atoms with Crippen molar-refractivity contribution in [3.63, 3.8) is 0 Å². The maximum atomic E-state index is 9.51. The third kappa shape index (κ3) is 2.70. The Morgan fingerprint density at radius 3 is 2.92 bits per heavy atom. The highest BCUT2D eigenvalue weighted by atomic mass is 79.9. The Hall–Kier alpha value is -0.560. The third-order valence-electron chi connectivity index (χ3n) is 1.60. The molecule has 0 unspecified atom stereocenters. The molecule has 0 aliphatic heterocycles. The van der Waals surface area contributed by atoms with Crippen LogP contribution in [0.1, 0.15) is 18.1 Å². The van der Waals surface area contributed by atoms with Gasteiger partial charge in [0.2, 0.25) is 0 Å².